The van der Waals surface area contributed by atoms with Gasteiger partial charge in [-0.2, -0.15) is 0 Å². The smallest absolute Gasteiger partial charge is 0.228 e. The van der Waals surface area contributed by atoms with E-state index in [0.29, 0.717) is 5.82 Å². The molecule has 3 aromatic rings. The van der Waals surface area contributed by atoms with Crippen LogP contribution in [0.3, 0.4) is 0 Å². The number of carbonyl (C=O) groups excluding carboxylic acids is 1. The first-order valence-corrected chi connectivity index (χ1v) is 11.5. The molecule has 0 bridgehead atoms. The summed E-state index contributed by atoms with van der Waals surface area (Å²) in [4.78, 5) is 24.0. The third-order valence-electron chi connectivity index (χ3n) is 5.67. The van der Waals surface area contributed by atoms with Crippen LogP contribution in [0.4, 0.5) is 5.82 Å². The summed E-state index contributed by atoms with van der Waals surface area (Å²) in [7, 11) is 0. The molecule has 1 aliphatic rings. The van der Waals surface area contributed by atoms with Crippen LogP contribution >= 0.6 is 11.3 Å². The summed E-state index contributed by atoms with van der Waals surface area (Å²) >= 11 is 1.70. The maximum Gasteiger partial charge on any atom is 0.228 e. The molecule has 1 aliphatic heterocycles. The number of piperidine rings is 1. The molecule has 1 fully saturated rings. The second-order valence-corrected chi connectivity index (χ2v) is 8.81. The second-order valence-electron chi connectivity index (χ2n) is 7.95. The minimum absolute atomic E-state index is 0.0478. The number of nitrogens with zero attached hydrogens (tertiary/aromatic N) is 3. The van der Waals surface area contributed by atoms with Crippen molar-refractivity contribution < 1.29 is 4.79 Å². The van der Waals surface area contributed by atoms with Crippen LogP contribution in [0, 0.1) is 12.8 Å². The van der Waals surface area contributed by atoms with Gasteiger partial charge in [0.05, 0.1) is 5.69 Å². The van der Waals surface area contributed by atoms with Gasteiger partial charge < -0.3 is 5.32 Å². The zero-order valence-electron chi connectivity index (χ0n) is 17.6. The van der Waals surface area contributed by atoms with Gasteiger partial charge in [0.15, 0.2) is 0 Å². The van der Waals surface area contributed by atoms with E-state index >= 15 is 0 Å². The minimum Gasteiger partial charge on any atom is -0.310 e. The van der Waals surface area contributed by atoms with E-state index in [2.05, 4.69) is 51.8 Å². The summed E-state index contributed by atoms with van der Waals surface area (Å²) in [6.45, 7) is 6.84. The third-order valence-corrected chi connectivity index (χ3v) is 6.61. The molecule has 1 N–H and O–H groups in total. The van der Waals surface area contributed by atoms with Crippen LogP contribution in [0.5, 0.6) is 0 Å². The second kappa shape index (κ2) is 9.49. The van der Waals surface area contributed by atoms with Crippen LogP contribution in [0.1, 0.15) is 36.6 Å². The van der Waals surface area contributed by atoms with Gasteiger partial charge in [0.1, 0.15) is 10.8 Å². The molecule has 5 nitrogen and oxygen atoms in total. The van der Waals surface area contributed by atoms with Crippen molar-refractivity contribution in [3.8, 4) is 10.6 Å². The Balaban J connectivity index is 1.28. The summed E-state index contributed by atoms with van der Waals surface area (Å²) in [5, 5.41) is 6.20. The largest absolute Gasteiger partial charge is 0.310 e. The lowest BCUT2D eigenvalue weighted by atomic mass is 9.96. The Bertz CT molecular complexity index is 990. The number of aromatic nitrogens is 2. The molecule has 0 unspecified atom stereocenters. The SMILES string of the molecule is CCc1ccc(-c2nc(CN3CCC(C(=O)Nc4cc(C)ccn4)CC3)cs2)cc1. The number of aryl methyl sites for hydroxylation is 2. The third kappa shape index (κ3) is 5.12. The molecule has 3 heterocycles. The van der Waals surface area contributed by atoms with Gasteiger partial charge in [-0.3, -0.25) is 9.69 Å². The van der Waals surface area contributed by atoms with Crippen LogP contribution in [0.2, 0.25) is 0 Å². The highest BCUT2D eigenvalue weighted by atomic mass is 32.1. The first-order chi connectivity index (χ1) is 14.6. The Labute approximate surface area is 182 Å². The van der Waals surface area contributed by atoms with Crippen LogP contribution < -0.4 is 5.32 Å². The molecule has 4 rings (SSSR count). The van der Waals surface area contributed by atoms with E-state index in [1.165, 1.54) is 11.1 Å². The molecular formula is C24H28N4OS. The fraction of sp³-hybridized carbons (Fsp3) is 0.375. The number of hydrogen-bond donors (Lipinski definition) is 1. The molecule has 0 atom stereocenters. The number of likely N-dealkylation sites (tertiary alicyclic amines) is 1. The predicted octanol–water partition coefficient (Wildman–Crippen LogP) is 4.93. The Morgan fingerprint density at radius 1 is 1.20 bits per heavy atom. The lowest BCUT2D eigenvalue weighted by molar-refractivity contribution is -0.121. The van der Waals surface area contributed by atoms with Crippen molar-refractivity contribution in [2.24, 2.45) is 5.92 Å². The van der Waals surface area contributed by atoms with Gasteiger partial charge in [-0.15, -0.1) is 11.3 Å². The number of rotatable bonds is 6. The van der Waals surface area contributed by atoms with E-state index in [1.807, 2.05) is 19.1 Å². The van der Waals surface area contributed by atoms with E-state index in [1.54, 1.807) is 17.5 Å². The quantitative estimate of drug-likeness (QED) is 0.614. The average Bonchev–Trinajstić information content (AvgIpc) is 3.23. The number of hydrogen-bond acceptors (Lipinski definition) is 5. The Hall–Kier alpha value is -2.57. The first kappa shape index (κ1) is 20.7. The van der Waals surface area contributed by atoms with Gasteiger partial charge in [-0.1, -0.05) is 31.2 Å². The topological polar surface area (TPSA) is 58.1 Å². The number of carbonyl (C=O) groups is 1. The maximum absolute atomic E-state index is 12.6. The summed E-state index contributed by atoms with van der Waals surface area (Å²) in [5.74, 6) is 0.773. The van der Waals surface area contributed by atoms with E-state index in [4.69, 9.17) is 4.98 Å². The van der Waals surface area contributed by atoms with E-state index < -0.39 is 0 Å². The van der Waals surface area contributed by atoms with E-state index in [-0.39, 0.29) is 11.8 Å². The molecule has 0 saturated carbocycles. The monoisotopic (exact) mass is 420 g/mol. The molecule has 30 heavy (non-hydrogen) atoms. The van der Waals surface area contributed by atoms with E-state index in [9.17, 15) is 4.79 Å². The lowest BCUT2D eigenvalue weighted by Gasteiger charge is -2.30. The molecule has 0 radical (unpaired) electrons. The molecule has 1 amide bonds. The van der Waals surface area contributed by atoms with E-state index in [0.717, 1.165) is 55.2 Å². The molecule has 0 aliphatic carbocycles. The molecule has 6 heteroatoms. The fourth-order valence-electron chi connectivity index (χ4n) is 3.81. The summed E-state index contributed by atoms with van der Waals surface area (Å²) < 4.78 is 0. The number of anilines is 1. The highest BCUT2D eigenvalue weighted by molar-refractivity contribution is 7.13. The summed E-state index contributed by atoms with van der Waals surface area (Å²) in [6.07, 6.45) is 4.52. The van der Waals surface area contributed by atoms with Crippen molar-refractivity contribution in [2.75, 3.05) is 18.4 Å². The van der Waals surface area contributed by atoms with Gasteiger partial charge >= 0.3 is 0 Å². The molecule has 156 valence electrons. The van der Waals surface area contributed by atoms with Crippen molar-refractivity contribution in [3.63, 3.8) is 0 Å². The lowest BCUT2D eigenvalue weighted by Crippen LogP contribution is -2.37. The van der Waals surface area contributed by atoms with Gasteiger partial charge in [-0.05, 0) is 62.5 Å². The molecule has 0 spiro atoms. The van der Waals surface area contributed by atoms with Crippen molar-refractivity contribution in [2.45, 2.75) is 39.7 Å². The van der Waals surface area contributed by atoms with Crippen molar-refractivity contribution in [1.82, 2.24) is 14.9 Å². The Kier molecular flexibility index (Phi) is 6.55. The average molecular weight is 421 g/mol. The molecular weight excluding hydrogens is 392 g/mol. The standard InChI is InChI=1S/C24H28N4OS/c1-3-18-4-6-20(7-5-18)24-26-21(16-30-24)15-28-12-9-19(10-13-28)23(29)27-22-14-17(2)8-11-25-22/h4-8,11,14,16,19H,3,9-10,12-13,15H2,1-2H3,(H,25,27,29). The zero-order chi connectivity index (χ0) is 20.9. The summed E-state index contributed by atoms with van der Waals surface area (Å²) in [5.41, 5.74) is 4.74. The predicted molar refractivity (Wildman–Crippen MR) is 123 cm³/mol. The van der Waals surface area contributed by atoms with Crippen LogP contribution in [0.25, 0.3) is 10.6 Å². The Morgan fingerprint density at radius 3 is 2.67 bits per heavy atom. The molecule has 1 aromatic carbocycles. The molecule has 2 aromatic heterocycles. The van der Waals surface area contributed by atoms with Gasteiger partial charge in [-0.25, -0.2) is 9.97 Å². The van der Waals surface area contributed by atoms with Crippen molar-refractivity contribution in [1.29, 1.82) is 0 Å². The van der Waals surface area contributed by atoms with Gasteiger partial charge in [0.2, 0.25) is 5.91 Å². The highest BCUT2D eigenvalue weighted by Crippen LogP contribution is 2.26. The number of thiazole rings is 1. The highest BCUT2D eigenvalue weighted by Gasteiger charge is 2.25. The van der Waals surface area contributed by atoms with Crippen LogP contribution in [0.15, 0.2) is 48.0 Å². The summed E-state index contributed by atoms with van der Waals surface area (Å²) in [6, 6.07) is 12.5. The number of nitrogens with one attached hydrogen (secondary N) is 1. The Morgan fingerprint density at radius 2 is 1.97 bits per heavy atom. The fourth-order valence-corrected chi connectivity index (χ4v) is 4.63. The normalized spacial score (nSPS) is 15.3. The number of pyridine rings is 1. The van der Waals surface area contributed by atoms with Gasteiger partial charge in [0, 0.05) is 29.6 Å². The van der Waals surface area contributed by atoms with Crippen molar-refractivity contribution in [3.05, 3.63) is 64.8 Å². The van der Waals surface area contributed by atoms with Crippen LogP contribution in [-0.2, 0) is 17.8 Å². The van der Waals surface area contributed by atoms with Crippen LogP contribution in [-0.4, -0.2) is 33.9 Å². The minimum atomic E-state index is 0.0478. The molecule has 1 saturated heterocycles. The van der Waals surface area contributed by atoms with Gasteiger partial charge in [0.25, 0.3) is 0 Å². The van der Waals surface area contributed by atoms with Crippen molar-refractivity contribution >= 4 is 23.1 Å². The zero-order valence-corrected chi connectivity index (χ0v) is 18.4. The number of benzene rings is 1. The number of amides is 1. The maximum atomic E-state index is 12.6. The first-order valence-electron chi connectivity index (χ1n) is 10.6.